The average molecular weight is 445 g/mol. The van der Waals surface area contributed by atoms with Gasteiger partial charge in [0.2, 0.25) is 0 Å². The summed E-state index contributed by atoms with van der Waals surface area (Å²) in [5.41, 5.74) is 0.185. The molecular weight excluding hydrogens is 423 g/mol. The van der Waals surface area contributed by atoms with Gasteiger partial charge in [-0.2, -0.15) is 0 Å². The van der Waals surface area contributed by atoms with E-state index in [1.165, 1.54) is 30.3 Å². The number of anilines is 1. The summed E-state index contributed by atoms with van der Waals surface area (Å²) < 4.78 is 33.0. The van der Waals surface area contributed by atoms with E-state index in [0.717, 1.165) is 0 Å². The molecule has 28 heavy (non-hydrogen) atoms. The monoisotopic (exact) mass is 444 g/mol. The van der Waals surface area contributed by atoms with E-state index in [2.05, 4.69) is 10.0 Å². The standard InChI is InChI=1S/C19H22Cl2N2O4S/c1-12(2)11-22-19(24)13(3)27-14-7-9-15(10-8-14)28(25,26)23-17-6-4-5-16(20)18(17)21/h4-10,12-13,23H,11H2,1-3H3,(H,22,24)/t13-/m0/s1. The molecule has 0 bridgehead atoms. The number of nitrogens with one attached hydrogen (secondary N) is 2. The van der Waals surface area contributed by atoms with E-state index in [9.17, 15) is 13.2 Å². The summed E-state index contributed by atoms with van der Waals surface area (Å²) in [5.74, 6) is 0.482. The van der Waals surface area contributed by atoms with E-state index in [0.29, 0.717) is 18.2 Å². The maximum Gasteiger partial charge on any atom is 0.261 e. The number of carbonyl (C=O) groups is 1. The molecule has 152 valence electrons. The molecule has 0 aliphatic carbocycles. The Labute approximate surface area is 175 Å². The van der Waals surface area contributed by atoms with Crippen LogP contribution in [0.25, 0.3) is 0 Å². The molecular formula is C19H22Cl2N2O4S. The van der Waals surface area contributed by atoms with Crippen LogP contribution in [-0.2, 0) is 14.8 Å². The Bertz CT molecular complexity index is 931. The third-order valence-electron chi connectivity index (χ3n) is 3.70. The Morgan fingerprint density at radius 1 is 1.07 bits per heavy atom. The summed E-state index contributed by atoms with van der Waals surface area (Å²) in [5, 5.41) is 3.15. The zero-order valence-corrected chi connectivity index (χ0v) is 18.0. The molecule has 9 heteroatoms. The van der Waals surface area contributed by atoms with E-state index < -0.39 is 16.1 Å². The van der Waals surface area contributed by atoms with E-state index in [1.807, 2.05) is 13.8 Å². The topological polar surface area (TPSA) is 84.5 Å². The maximum atomic E-state index is 12.5. The number of rotatable bonds is 8. The molecule has 0 saturated carbocycles. The molecule has 0 fully saturated rings. The summed E-state index contributed by atoms with van der Waals surface area (Å²) in [6.45, 7) is 6.18. The van der Waals surface area contributed by atoms with E-state index >= 15 is 0 Å². The van der Waals surface area contributed by atoms with Gasteiger partial charge in [0, 0.05) is 6.54 Å². The lowest BCUT2D eigenvalue weighted by Gasteiger charge is -2.16. The van der Waals surface area contributed by atoms with Gasteiger partial charge in [-0.25, -0.2) is 8.42 Å². The maximum absolute atomic E-state index is 12.5. The molecule has 0 radical (unpaired) electrons. The Morgan fingerprint density at radius 2 is 1.71 bits per heavy atom. The van der Waals surface area contributed by atoms with Crippen molar-refractivity contribution in [3.05, 3.63) is 52.5 Å². The van der Waals surface area contributed by atoms with Crippen molar-refractivity contribution in [2.75, 3.05) is 11.3 Å². The van der Waals surface area contributed by atoms with Gasteiger partial charge < -0.3 is 10.1 Å². The molecule has 0 aliphatic heterocycles. The normalized spacial score (nSPS) is 12.5. The second kappa shape index (κ2) is 9.49. The first-order chi connectivity index (χ1) is 13.1. The fourth-order valence-corrected chi connectivity index (χ4v) is 3.67. The minimum atomic E-state index is -3.86. The SMILES string of the molecule is CC(C)CNC(=O)[C@H](C)Oc1ccc(S(=O)(=O)Nc2cccc(Cl)c2Cl)cc1. The summed E-state index contributed by atoms with van der Waals surface area (Å²) in [4.78, 5) is 12.0. The molecule has 2 N–H and O–H groups in total. The van der Waals surface area contributed by atoms with Gasteiger partial charge in [-0.3, -0.25) is 9.52 Å². The van der Waals surface area contributed by atoms with Crippen molar-refractivity contribution >= 4 is 44.8 Å². The van der Waals surface area contributed by atoms with Gasteiger partial charge in [0.05, 0.1) is 20.6 Å². The number of hydrogen-bond acceptors (Lipinski definition) is 4. The van der Waals surface area contributed by atoms with Crippen LogP contribution in [-0.4, -0.2) is 27.0 Å². The molecule has 0 unspecified atom stereocenters. The number of halogens is 2. The molecule has 0 aliphatic rings. The van der Waals surface area contributed by atoms with E-state index in [4.69, 9.17) is 27.9 Å². The minimum Gasteiger partial charge on any atom is -0.481 e. The molecule has 0 heterocycles. The highest BCUT2D eigenvalue weighted by atomic mass is 35.5. The molecule has 2 aromatic rings. The van der Waals surface area contributed by atoms with Crippen molar-refractivity contribution in [2.45, 2.75) is 31.8 Å². The number of hydrogen-bond donors (Lipinski definition) is 2. The van der Waals surface area contributed by atoms with Gasteiger partial charge in [-0.15, -0.1) is 0 Å². The highest BCUT2D eigenvalue weighted by molar-refractivity contribution is 7.92. The summed E-state index contributed by atoms with van der Waals surface area (Å²) >= 11 is 11.9. The van der Waals surface area contributed by atoms with Crippen LogP contribution < -0.4 is 14.8 Å². The van der Waals surface area contributed by atoms with Crippen molar-refractivity contribution in [1.29, 1.82) is 0 Å². The lowest BCUT2D eigenvalue weighted by Crippen LogP contribution is -2.38. The molecule has 0 spiro atoms. The van der Waals surface area contributed by atoms with Crippen molar-refractivity contribution < 1.29 is 17.9 Å². The van der Waals surface area contributed by atoms with E-state index in [-0.39, 0.29) is 26.5 Å². The highest BCUT2D eigenvalue weighted by Crippen LogP contribution is 2.31. The summed E-state index contributed by atoms with van der Waals surface area (Å²) in [6.07, 6.45) is -0.704. The fraction of sp³-hybridized carbons (Fsp3) is 0.316. The number of amides is 1. The summed E-state index contributed by atoms with van der Waals surface area (Å²) in [7, 11) is -3.86. The lowest BCUT2D eigenvalue weighted by molar-refractivity contribution is -0.127. The first-order valence-corrected chi connectivity index (χ1v) is 10.9. The lowest BCUT2D eigenvalue weighted by atomic mass is 10.2. The third-order valence-corrected chi connectivity index (χ3v) is 5.90. The minimum absolute atomic E-state index is 0.0211. The third kappa shape index (κ3) is 6.02. The highest BCUT2D eigenvalue weighted by Gasteiger charge is 2.18. The number of sulfonamides is 1. The van der Waals surface area contributed by atoms with Gasteiger partial charge in [0.1, 0.15) is 5.75 Å². The number of ether oxygens (including phenoxy) is 1. The molecule has 0 aromatic heterocycles. The quantitative estimate of drug-likeness (QED) is 0.634. The van der Waals surface area contributed by atoms with Crippen LogP contribution >= 0.6 is 23.2 Å². The van der Waals surface area contributed by atoms with Crippen LogP contribution in [0.4, 0.5) is 5.69 Å². The fourth-order valence-electron chi connectivity index (χ4n) is 2.19. The largest absolute Gasteiger partial charge is 0.481 e. The molecule has 2 rings (SSSR count). The molecule has 0 saturated heterocycles. The Hall–Kier alpha value is -1.96. The molecule has 1 amide bonds. The molecule has 6 nitrogen and oxygen atoms in total. The molecule has 2 aromatic carbocycles. The van der Waals surface area contributed by atoms with Gasteiger partial charge >= 0.3 is 0 Å². The van der Waals surface area contributed by atoms with Crippen LogP contribution in [0.3, 0.4) is 0 Å². The van der Waals surface area contributed by atoms with Crippen molar-refractivity contribution in [2.24, 2.45) is 5.92 Å². The summed E-state index contributed by atoms with van der Waals surface area (Å²) in [6, 6.07) is 10.4. The van der Waals surface area contributed by atoms with Crippen LogP contribution in [0.15, 0.2) is 47.4 Å². The number of carbonyl (C=O) groups excluding carboxylic acids is 1. The van der Waals surface area contributed by atoms with Crippen molar-refractivity contribution in [1.82, 2.24) is 5.32 Å². The molecule has 1 atom stereocenters. The van der Waals surface area contributed by atoms with Gasteiger partial charge in [0.25, 0.3) is 15.9 Å². The van der Waals surface area contributed by atoms with Crippen molar-refractivity contribution in [3.8, 4) is 5.75 Å². The smallest absolute Gasteiger partial charge is 0.261 e. The second-order valence-electron chi connectivity index (χ2n) is 6.58. The first-order valence-electron chi connectivity index (χ1n) is 8.61. The van der Waals surface area contributed by atoms with Crippen LogP contribution in [0.1, 0.15) is 20.8 Å². The van der Waals surface area contributed by atoms with Crippen molar-refractivity contribution in [3.63, 3.8) is 0 Å². The van der Waals surface area contributed by atoms with Crippen LogP contribution in [0, 0.1) is 5.92 Å². The zero-order chi connectivity index (χ0) is 20.9. The van der Waals surface area contributed by atoms with Gasteiger partial charge in [-0.05, 0) is 49.2 Å². The Morgan fingerprint density at radius 3 is 2.32 bits per heavy atom. The number of benzene rings is 2. The Balaban J connectivity index is 2.06. The Kier molecular flexibility index (Phi) is 7.57. The van der Waals surface area contributed by atoms with Crippen LogP contribution in [0.2, 0.25) is 10.0 Å². The predicted molar refractivity (Wildman–Crippen MR) is 112 cm³/mol. The van der Waals surface area contributed by atoms with Gasteiger partial charge in [-0.1, -0.05) is 43.1 Å². The van der Waals surface area contributed by atoms with Crippen LogP contribution in [0.5, 0.6) is 5.75 Å². The first kappa shape index (κ1) is 22.3. The predicted octanol–water partition coefficient (Wildman–Crippen LogP) is 4.33. The zero-order valence-electron chi connectivity index (χ0n) is 15.7. The van der Waals surface area contributed by atoms with E-state index in [1.54, 1.807) is 19.1 Å². The average Bonchev–Trinajstić information content (AvgIpc) is 2.63. The van der Waals surface area contributed by atoms with Gasteiger partial charge in [0.15, 0.2) is 6.10 Å². The second-order valence-corrected chi connectivity index (χ2v) is 9.04.